The van der Waals surface area contributed by atoms with Crippen LogP contribution >= 0.6 is 7.60 Å². The fourth-order valence-electron chi connectivity index (χ4n) is 3.65. The largest absolute Gasteiger partial charge is 0.350 e. The molecule has 0 amide bonds. The Balaban J connectivity index is 0.000000544. The van der Waals surface area contributed by atoms with E-state index in [0.717, 1.165) is 11.1 Å². The van der Waals surface area contributed by atoms with Gasteiger partial charge in [0.25, 0.3) is 10.1 Å². The van der Waals surface area contributed by atoms with Crippen molar-refractivity contribution in [2.75, 3.05) is 13.2 Å². The Labute approximate surface area is 229 Å². The summed E-state index contributed by atoms with van der Waals surface area (Å²) in [5, 5.41) is 1.81. The van der Waals surface area contributed by atoms with Crippen LogP contribution in [0.25, 0.3) is 0 Å². The second-order valence-electron chi connectivity index (χ2n) is 10.9. The highest BCUT2D eigenvalue weighted by Crippen LogP contribution is 2.61. The van der Waals surface area contributed by atoms with Crippen molar-refractivity contribution in [2.24, 2.45) is 5.41 Å². The van der Waals surface area contributed by atoms with Gasteiger partial charge in [-0.1, -0.05) is 38.5 Å². The summed E-state index contributed by atoms with van der Waals surface area (Å²) in [5.74, 6) is -0.575. The van der Waals surface area contributed by atoms with E-state index >= 15 is 0 Å². The number of rotatable bonds is 10. The Hall–Kier alpha value is -1.65. The van der Waals surface area contributed by atoms with Gasteiger partial charge in [0, 0.05) is 17.9 Å². The van der Waals surface area contributed by atoms with Crippen molar-refractivity contribution in [3.63, 3.8) is 0 Å². The highest BCUT2D eigenvalue weighted by atomic mass is 32.2. The first-order chi connectivity index (χ1) is 17.4. The summed E-state index contributed by atoms with van der Waals surface area (Å²) in [7, 11) is -7.48. The van der Waals surface area contributed by atoms with Crippen LogP contribution < -0.4 is 0 Å². The number of nitrogens with zero attached hydrogens (tertiary/aromatic N) is 2. The van der Waals surface area contributed by atoms with Crippen LogP contribution in [0.1, 0.15) is 79.5 Å². The molecular formula is C27H45N2O7PS. The fraction of sp³-hybridized carbons (Fsp3) is 0.593. The topological polar surface area (TPSA) is 115 Å². The third-order valence-electron chi connectivity index (χ3n) is 5.34. The average Bonchev–Trinajstić information content (AvgIpc) is 2.78. The van der Waals surface area contributed by atoms with Gasteiger partial charge >= 0.3 is 7.60 Å². The summed E-state index contributed by atoms with van der Waals surface area (Å²) < 4.78 is 54.8. The summed E-state index contributed by atoms with van der Waals surface area (Å²) in [6, 6.07) is 9.83. The highest BCUT2D eigenvalue weighted by molar-refractivity contribution is 7.85. The summed E-state index contributed by atoms with van der Waals surface area (Å²) in [6.45, 7) is 20.3. The van der Waals surface area contributed by atoms with Gasteiger partial charge in [-0.15, -0.1) is 0 Å². The summed E-state index contributed by atoms with van der Waals surface area (Å²) in [4.78, 5) is 10.4. The van der Waals surface area contributed by atoms with Crippen molar-refractivity contribution in [3.8, 4) is 0 Å². The lowest BCUT2D eigenvalue weighted by Crippen LogP contribution is -2.53. The SMILES string of the molecule is CCOP(=O)(OCC)C(N(OC(C)c1ccncc1)C(C)(C)C)C(C)(C)C.Cc1ccc(S(=O)(=O)O)cc1. The second kappa shape index (κ2) is 14.1. The molecule has 0 saturated heterocycles. The molecule has 0 saturated carbocycles. The van der Waals surface area contributed by atoms with Gasteiger partial charge in [0.15, 0.2) is 0 Å². The molecule has 0 bridgehead atoms. The molecule has 1 N–H and O–H groups in total. The molecule has 0 aliphatic rings. The van der Waals surface area contributed by atoms with Gasteiger partial charge in [0.2, 0.25) is 0 Å². The number of aryl methyl sites for hydroxylation is 1. The van der Waals surface area contributed by atoms with Crippen LogP contribution in [-0.2, 0) is 28.6 Å². The van der Waals surface area contributed by atoms with Crippen molar-refractivity contribution < 1.29 is 31.4 Å². The molecular weight excluding hydrogens is 527 g/mol. The van der Waals surface area contributed by atoms with Crippen LogP contribution in [0.4, 0.5) is 0 Å². The Kier molecular flexibility index (Phi) is 12.8. The Morgan fingerprint density at radius 1 is 0.947 bits per heavy atom. The molecule has 0 spiro atoms. The zero-order chi connectivity index (χ0) is 29.4. The monoisotopic (exact) mass is 572 g/mol. The van der Waals surface area contributed by atoms with Crippen LogP contribution in [-0.4, -0.2) is 47.6 Å². The van der Waals surface area contributed by atoms with E-state index in [1.807, 2.05) is 86.4 Å². The van der Waals surface area contributed by atoms with Gasteiger partial charge in [-0.3, -0.25) is 18.9 Å². The molecule has 11 heteroatoms. The molecule has 2 atom stereocenters. The van der Waals surface area contributed by atoms with E-state index in [0.29, 0.717) is 13.2 Å². The lowest BCUT2D eigenvalue weighted by atomic mass is 9.94. The molecule has 0 radical (unpaired) electrons. The van der Waals surface area contributed by atoms with E-state index in [2.05, 4.69) is 4.98 Å². The maximum absolute atomic E-state index is 13.8. The number of hydrogen-bond donors (Lipinski definition) is 1. The van der Waals surface area contributed by atoms with Crippen LogP contribution in [0.3, 0.4) is 0 Å². The first-order valence-electron chi connectivity index (χ1n) is 12.7. The molecule has 1 heterocycles. The Morgan fingerprint density at radius 2 is 1.42 bits per heavy atom. The maximum atomic E-state index is 13.8. The molecule has 38 heavy (non-hydrogen) atoms. The molecule has 1 aromatic carbocycles. The Morgan fingerprint density at radius 3 is 1.79 bits per heavy atom. The van der Waals surface area contributed by atoms with Crippen LogP contribution in [0, 0.1) is 12.3 Å². The van der Waals surface area contributed by atoms with Crippen molar-refractivity contribution in [1.29, 1.82) is 0 Å². The lowest BCUT2D eigenvalue weighted by Gasteiger charge is -2.48. The number of hydroxylamine groups is 2. The van der Waals surface area contributed by atoms with Crippen molar-refractivity contribution >= 4 is 17.7 Å². The van der Waals surface area contributed by atoms with E-state index in [9.17, 15) is 13.0 Å². The van der Waals surface area contributed by atoms with Crippen LogP contribution in [0.15, 0.2) is 53.7 Å². The van der Waals surface area contributed by atoms with Gasteiger partial charge in [0.05, 0.1) is 18.1 Å². The first-order valence-corrected chi connectivity index (χ1v) is 15.7. The molecule has 9 nitrogen and oxygen atoms in total. The first kappa shape index (κ1) is 34.4. The smallest absolute Gasteiger partial charge is 0.308 e. The van der Waals surface area contributed by atoms with Crippen LogP contribution in [0.2, 0.25) is 0 Å². The van der Waals surface area contributed by atoms with Crippen molar-refractivity contribution in [3.05, 3.63) is 59.9 Å². The zero-order valence-electron chi connectivity index (χ0n) is 24.3. The minimum atomic E-state index is -4.02. The van der Waals surface area contributed by atoms with E-state index in [-0.39, 0.29) is 11.0 Å². The quantitative estimate of drug-likeness (QED) is 0.181. The normalized spacial score (nSPS) is 14.5. The Bertz CT molecular complexity index is 1120. The number of hydrogen-bond acceptors (Lipinski definition) is 8. The van der Waals surface area contributed by atoms with Gasteiger partial charge in [-0.25, -0.2) is 0 Å². The average molecular weight is 573 g/mol. The summed E-state index contributed by atoms with van der Waals surface area (Å²) >= 11 is 0. The number of pyridine rings is 1. The molecule has 2 aromatic rings. The predicted molar refractivity (Wildman–Crippen MR) is 150 cm³/mol. The fourth-order valence-corrected chi connectivity index (χ4v) is 6.81. The summed E-state index contributed by atoms with van der Waals surface area (Å²) in [6.07, 6.45) is 3.24. The molecule has 0 aliphatic carbocycles. The third-order valence-corrected chi connectivity index (χ3v) is 9.03. The van der Waals surface area contributed by atoms with E-state index in [1.165, 1.54) is 12.1 Å². The van der Waals surface area contributed by atoms with Gasteiger partial charge < -0.3 is 9.05 Å². The number of benzene rings is 1. The van der Waals surface area contributed by atoms with Crippen molar-refractivity contribution in [1.82, 2.24) is 10.0 Å². The predicted octanol–water partition coefficient (Wildman–Crippen LogP) is 7.05. The molecule has 0 fully saturated rings. The maximum Gasteiger partial charge on any atom is 0.350 e. The molecule has 2 rings (SSSR count). The van der Waals surface area contributed by atoms with Crippen molar-refractivity contribution in [2.45, 2.75) is 91.6 Å². The van der Waals surface area contributed by atoms with Crippen LogP contribution in [0.5, 0.6) is 0 Å². The molecule has 0 aliphatic heterocycles. The standard InChI is InChI=1S/C20H37N2O4P.C7H8O3S/c1-10-24-27(23,25-11-2)18(19(4,5)6)22(20(7,8)9)26-16(3)17-12-14-21-15-13-17;1-6-2-4-7(5-3-6)11(8,9)10/h12-16,18H,10-11H2,1-9H3;2-5H,1H3,(H,8,9,10). The molecule has 216 valence electrons. The minimum absolute atomic E-state index is 0.0666. The number of aromatic nitrogens is 1. The second-order valence-corrected chi connectivity index (χ2v) is 14.4. The molecule has 2 unspecified atom stereocenters. The summed E-state index contributed by atoms with van der Waals surface area (Å²) in [5.41, 5.74) is 1.11. The highest BCUT2D eigenvalue weighted by Gasteiger charge is 2.51. The minimum Gasteiger partial charge on any atom is -0.308 e. The van der Waals surface area contributed by atoms with E-state index < -0.39 is 34.5 Å². The van der Waals surface area contributed by atoms with Gasteiger partial charge in [-0.05, 0) is 83.7 Å². The zero-order valence-corrected chi connectivity index (χ0v) is 26.0. The lowest BCUT2D eigenvalue weighted by molar-refractivity contribution is -0.264. The van der Waals surface area contributed by atoms with Gasteiger partial charge in [0.1, 0.15) is 11.9 Å². The van der Waals surface area contributed by atoms with E-state index in [4.69, 9.17) is 18.4 Å². The third kappa shape index (κ3) is 10.5. The van der Waals surface area contributed by atoms with Gasteiger partial charge in [-0.2, -0.15) is 13.5 Å². The molecule has 1 aromatic heterocycles. The van der Waals surface area contributed by atoms with E-state index in [1.54, 1.807) is 24.5 Å².